The fourth-order valence-corrected chi connectivity index (χ4v) is 3.25. The van der Waals surface area contributed by atoms with Gasteiger partial charge in [-0.05, 0) is 6.07 Å². The van der Waals surface area contributed by atoms with Crippen molar-refractivity contribution in [2.75, 3.05) is 11.9 Å². The van der Waals surface area contributed by atoms with Gasteiger partial charge in [0.2, 0.25) is 6.33 Å². The third-order valence-corrected chi connectivity index (χ3v) is 4.46. The molecule has 132 valence electrons. The Morgan fingerprint density at radius 2 is 1.65 bits per heavy atom. The quantitative estimate of drug-likeness (QED) is 0.447. The number of hydrogen-bond donors (Lipinski definition) is 1. The molecular weight excluding hydrogens is 394 g/mol. The van der Waals surface area contributed by atoms with E-state index in [1.54, 1.807) is 30.3 Å². The Morgan fingerprint density at radius 1 is 0.962 bits per heavy atom. The van der Waals surface area contributed by atoms with E-state index >= 15 is 0 Å². The van der Waals surface area contributed by atoms with E-state index in [0.717, 1.165) is 6.54 Å². The summed E-state index contributed by atoms with van der Waals surface area (Å²) in [6, 6.07) is 12.4. The molecule has 3 aromatic rings. The molecule has 0 unspecified atom stereocenters. The molecule has 2 aromatic carbocycles. The summed E-state index contributed by atoms with van der Waals surface area (Å²) in [5, 5.41) is 3.31. The molecule has 1 aromatic heterocycles. The highest BCUT2D eigenvalue weighted by molar-refractivity contribution is 6.30. The fourth-order valence-electron chi connectivity index (χ4n) is 3.25. The van der Waals surface area contributed by atoms with Gasteiger partial charge in [0.05, 0.1) is 19.2 Å². The van der Waals surface area contributed by atoms with Crippen molar-refractivity contribution < 1.29 is 31.1 Å². The van der Waals surface area contributed by atoms with E-state index in [9.17, 15) is 9.59 Å². The number of ketones is 2. The minimum Gasteiger partial charge on any atom is -1.00 e. The molecule has 0 radical (unpaired) electrons. The van der Waals surface area contributed by atoms with Crippen LogP contribution in [0.5, 0.6) is 0 Å². The fraction of sp³-hybridized carbons (Fsp3) is 0.150. The van der Waals surface area contributed by atoms with Crippen LogP contribution in [0.2, 0.25) is 0 Å². The molecule has 0 aliphatic heterocycles. The third kappa shape index (κ3) is 3.08. The molecule has 0 spiro atoms. The van der Waals surface area contributed by atoms with Crippen molar-refractivity contribution >= 4 is 17.3 Å². The van der Waals surface area contributed by atoms with Crippen molar-refractivity contribution in [2.45, 2.75) is 6.54 Å². The van der Waals surface area contributed by atoms with Gasteiger partial charge in [-0.25, -0.2) is 9.13 Å². The molecule has 0 amide bonds. The van der Waals surface area contributed by atoms with E-state index in [1.807, 2.05) is 42.5 Å². The second-order valence-corrected chi connectivity index (χ2v) is 6.18. The number of carbonyl (C=O) groups excluding carboxylic acids is 2. The molecule has 4 rings (SSSR count). The lowest BCUT2D eigenvalue weighted by molar-refractivity contribution is -0.671. The van der Waals surface area contributed by atoms with Gasteiger partial charge in [-0.3, -0.25) is 9.59 Å². The number of hydrogen-bond acceptors (Lipinski definition) is 3. The normalized spacial score (nSPS) is 12.2. The zero-order valence-corrected chi connectivity index (χ0v) is 15.9. The van der Waals surface area contributed by atoms with Gasteiger partial charge in [-0.15, -0.1) is 0 Å². The lowest BCUT2D eigenvalue weighted by Gasteiger charge is -2.20. The van der Waals surface area contributed by atoms with Gasteiger partial charge >= 0.3 is 0 Å². The summed E-state index contributed by atoms with van der Waals surface area (Å²) in [4.78, 5) is 25.6. The van der Waals surface area contributed by atoms with E-state index in [4.69, 9.17) is 0 Å². The largest absolute Gasteiger partial charge is 1.00 e. The first-order valence-corrected chi connectivity index (χ1v) is 8.21. The van der Waals surface area contributed by atoms with Crippen molar-refractivity contribution in [3.8, 4) is 0 Å². The van der Waals surface area contributed by atoms with Gasteiger partial charge in [-0.1, -0.05) is 36.4 Å². The standard InChI is InChI=1S/C20H17N3O2.BrH/c1-22-11-12-23(13-22)10-9-21-17-8-4-7-16-18(17)20(25)15-6-3-2-5-14(15)19(16)24;/h2-8,11-13H,9-10H2,1H3;1H. The maximum Gasteiger partial charge on any atom is 0.243 e. The summed E-state index contributed by atoms with van der Waals surface area (Å²) in [6.07, 6.45) is 5.96. The number of rotatable bonds is 4. The first kappa shape index (κ1) is 18.1. The molecule has 5 nitrogen and oxygen atoms in total. The molecular formula is C20H18BrN3O2. The lowest BCUT2D eigenvalue weighted by Crippen LogP contribution is -3.00. The molecule has 1 aliphatic rings. The highest BCUT2D eigenvalue weighted by Gasteiger charge is 2.31. The van der Waals surface area contributed by atoms with Crippen molar-refractivity contribution in [1.29, 1.82) is 0 Å². The van der Waals surface area contributed by atoms with Crippen molar-refractivity contribution in [3.05, 3.63) is 83.4 Å². The smallest absolute Gasteiger partial charge is 0.243 e. The molecule has 0 bridgehead atoms. The zero-order valence-electron chi connectivity index (χ0n) is 14.3. The number of fused-ring (bicyclic) bond motifs is 2. The Morgan fingerprint density at radius 3 is 2.35 bits per heavy atom. The molecule has 0 saturated heterocycles. The van der Waals surface area contributed by atoms with Crippen LogP contribution in [0.25, 0.3) is 0 Å². The molecule has 1 heterocycles. The summed E-state index contributed by atoms with van der Waals surface area (Å²) in [5.41, 5.74) is 2.62. The maximum atomic E-state index is 12.9. The predicted molar refractivity (Wildman–Crippen MR) is 93.8 cm³/mol. The summed E-state index contributed by atoms with van der Waals surface area (Å²) in [7, 11) is 1.97. The van der Waals surface area contributed by atoms with Crippen LogP contribution in [-0.2, 0) is 13.6 Å². The van der Waals surface area contributed by atoms with Crippen LogP contribution < -0.4 is 26.9 Å². The third-order valence-electron chi connectivity index (χ3n) is 4.46. The molecule has 0 fully saturated rings. The van der Waals surface area contributed by atoms with Gasteiger partial charge in [0.25, 0.3) is 0 Å². The van der Waals surface area contributed by atoms with Gasteiger partial charge in [0.15, 0.2) is 11.6 Å². The SMILES string of the molecule is C[n+]1ccn(CCNc2cccc3c2C(=O)c2ccccc2C3=O)c1.[Br-]. The minimum absolute atomic E-state index is 0. The van der Waals surface area contributed by atoms with Crippen LogP contribution in [-0.4, -0.2) is 22.7 Å². The number of nitrogens with one attached hydrogen (secondary N) is 1. The van der Waals surface area contributed by atoms with Crippen LogP contribution in [0, 0.1) is 0 Å². The minimum atomic E-state index is -0.0966. The van der Waals surface area contributed by atoms with Crippen molar-refractivity contribution in [1.82, 2.24) is 4.57 Å². The second-order valence-electron chi connectivity index (χ2n) is 6.18. The lowest BCUT2D eigenvalue weighted by atomic mass is 9.83. The molecule has 1 aliphatic carbocycles. The summed E-state index contributed by atoms with van der Waals surface area (Å²) in [5.74, 6) is -0.188. The van der Waals surface area contributed by atoms with Gasteiger partial charge in [0, 0.05) is 22.4 Å². The van der Waals surface area contributed by atoms with Crippen LogP contribution in [0.4, 0.5) is 5.69 Å². The topological polar surface area (TPSA) is 55.0 Å². The van der Waals surface area contributed by atoms with Crippen LogP contribution in [0.3, 0.4) is 0 Å². The van der Waals surface area contributed by atoms with E-state index in [1.165, 1.54) is 0 Å². The first-order chi connectivity index (χ1) is 12.1. The molecule has 6 heteroatoms. The Labute approximate surface area is 162 Å². The van der Waals surface area contributed by atoms with Crippen LogP contribution in [0.15, 0.2) is 61.2 Å². The van der Waals surface area contributed by atoms with Crippen LogP contribution >= 0.6 is 0 Å². The number of halogens is 1. The molecule has 26 heavy (non-hydrogen) atoms. The van der Waals surface area contributed by atoms with E-state index in [0.29, 0.717) is 34.5 Å². The number of aromatic nitrogens is 2. The summed E-state index contributed by atoms with van der Waals surface area (Å²) in [6.45, 7) is 1.43. The number of aryl methyl sites for hydroxylation is 1. The second kappa shape index (κ2) is 7.25. The number of benzene rings is 2. The highest BCUT2D eigenvalue weighted by atomic mass is 79.9. The maximum absolute atomic E-state index is 12.9. The summed E-state index contributed by atoms with van der Waals surface area (Å²) < 4.78 is 4.04. The van der Waals surface area contributed by atoms with E-state index in [-0.39, 0.29) is 28.5 Å². The van der Waals surface area contributed by atoms with Crippen molar-refractivity contribution in [3.63, 3.8) is 0 Å². The Hall–Kier alpha value is -2.73. The van der Waals surface area contributed by atoms with E-state index in [2.05, 4.69) is 9.88 Å². The number of imidazole rings is 1. The van der Waals surface area contributed by atoms with Crippen molar-refractivity contribution in [2.24, 2.45) is 7.05 Å². The number of carbonyl (C=O) groups is 2. The number of nitrogens with zero attached hydrogens (tertiary/aromatic N) is 2. The molecule has 1 N–H and O–H groups in total. The average molecular weight is 412 g/mol. The highest BCUT2D eigenvalue weighted by Crippen LogP contribution is 2.31. The van der Waals surface area contributed by atoms with Crippen LogP contribution in [0.1, 0.15) is 31.8 Å². The van der Waals surface area contributed by atoms with E-state index < -0.39 is 0 Å². The average Bonchev–Trinajstić information content (AvgIpc) is 3.05. The molecule has 0 saturated carbocycles. The van der Waals surface area contributed by atoms with Gasteiger partial charge in [0.1, 0.15) is 18.9 Å². The molecule has 0 atom stereocenters. The Kier molecular flexibility index (Phi) is 5.04. The number of anilines is 1. The van der Waals surface area contributed by atoms with Gasteiger partial charge in [-0.2, -0.15) is 0 Å². The van der Waals surface area contributed by atoms with Gasteiger partial charge < -0.3 is 22.3 Å². The monoisotopic (exact) mass is 411 g/mol. The Bertz CT molecular complexity index is 994. The predicted octanol–water partition coefficient (Wildman–Crippen LogP) is -0.796. The Balaban J connectivity index is 0.00000196. The summed E-state index contributed by atoms with van der Waals surface area (Å²) >= 11 is 0. The first-order valence-electron chi connectivity index (χ1n) is 8.21. The zero-order chi connectivity index (χ0) is 17.4.